The normalized spacial score (nSPS) is 13.2. The van der Waals surface area contributed by atoms with Gasteiger partial charge in [0.05, 0.1) is 12.6 Å². The van der Waals surface area contributed by atoms with Gasteiger partial charge in [-0.1, -0.05) is 35.9 Å². The average Bonchev–Trinajstić information content (AvgIpc) is 3.05. The molecule has 1 heterocycles. The van der Waals surface area contributed by atoms with Gasteiger partial charge in [-0.25, -0.2) is 0 Å². The zero-order valence-electron chi connectivity index (χ0n) is 14.3. The number of benzene rings is 1. The maximum Gasteiger partial charge on any atom is 0.191 e. The Morgan fingerprint density at radius 3 is 2.48 bits per heavy atom. The number of thiophene rings is 1. The molecule has 0 spiro atoms. The van der Waals surface area contributed by atoms with Gasteiger partial charge in [-0.15, -0.1) is 11.3 Å². The van der Waals surface area contributed by atoms with Crippen LogP contribution in [0.3, 0.4) is 0 Å². The van der Waals surface area contributed by atoms with Gasteiger partial charge in [-0.2, -0.15) is 0 Å². The fourth-order valence-corrected chi connectivity index (χ4v) is 3.03. The lowest BCUT2D eigenvalue weighted by Gasteiger charge is -2.26. The molecule has 1 unspecified atom stereocenters. The van der Waals surface area contributed by atoms with Crippen LogP contribution in [0, 0.1) is 6.92 Å². The third-order valence-electron chi connectivity index (χ3n) is 3.78. The van der Waals surface area contributed by atoms with Gasteiger partial charge in [0.2, 0.25) is 0 Å². The van der Waals surface area contributed by atoms with E-state index in [1.165, 1.54) is 16.0 Å². The Labute approximate surface area is 143 Å². The monoisotopic (exact) mass is 330 g/mol. The van der Waals surface area contributed by atoms with Gasteiger partial charge in [-0.3, -0.25) is 4.99 Å². The van der Waals surface area contributed by atoms with Crippen LogP contribution in [0.2, 0.25) is 0 Å². The van der Waals surface area contributed by atoms with Crippen molar-refractivity contribution >= 4 is 17.3 Å². The molecule has 0 radical (unpaired) electrons. The van der Waals surface area contributed by atoms with Crippen molar-refractivity contribution in [3.8, 4) is 0 Å². The van der Waals surface area contributed by atoms with Crippen molar-refractivity contribution in [1.29, 1.82) is 0 Å². The van der Waals surface area contributed by atoms with E-state index in [1.807, 2.05) is 0 Å². The molecule has 0 aliphatic rings. The molecular weight excluding hydrogens is 304 g/mol. The second kappa shape index (κ2) is 8.70. The van der Waals surface area contributed by atoms with E-state index in [9.17, 15) is 0 Å². The van der Waals surface area contributed by atoms with E-state index in [2.05, 4.69) is 83.3 Å². The number of guanidine groups is 1. The molecule has 1 aromatic heterocycles. The number of aryl methyl sites for hydroxylation is 1. The van der Waals surface area contributed by atoms with Crippen LogP contribution in [0.1, 0.15) is 22.0 Å². The molecule has 0 bridgehead atoms. The summed E-state index contributed by atoms with van der Waals surface area (Å²) >= 11 is 1.75. The molecule has 0 aliphatic heterocycles. The van der Waals surface area contributed by atoms with Crippen molar-refractivity contribution in [3.63, 3.8) is 0 Å². The van der Waals surface area contributed by atoms with Crippen LogP contribution >= 0.6 is 11.3 Å². The Bertz CT molecular complexity index is 602. The first-order chi connectivity index (χ1) is 11.1. The maximum absolute atomic E-state index is 4.31. The van der Waals surface area contributed by atoms with Crippen LogP contribution in [0.25, 0.3) is 0 Å². The Kier molecular flexibility index (Phi) is 6.62. The molecule has 0 fully saturated rings. The molecule has 0 aliphatic carbocycles. The molecule has 0 saturated carbocycles. The van der Waals surface area contributed by atoms with Gasteiger partial charge >= 0.3 is 0 Å². The lowest BCUT2D eigenvalue weighted by Crippen LogP contribution is -2.41. The van der Waals surface area contributed by atoms with Gasteiger partial charge in [-0.05, 0) is 38.0 Å². The topological polar surface area (TPSA) is 39.7 Å². The van der Waals surface area contributed by atoms with Crippen LogP contribution < -0.4 is 10.6 Å². The molecule has 0 amide bonds. The lowest BCUT2D eigenvalue weighted by atomic mass is 10.0. The number of likely N-dealkylation sites (N-methyl/N-ethyl adjacent to an activating group) is 1. The number of nitrogens with one attached hydrogen (secondary N) is 2. The summed E-state index contributed by atoms with van der Waals surface area (Å²) in [6.07, 6.45) is 0. The zero-order valence-corrected chi connectivity index (χ0v) is 15.2. The third kappa shape index (κ3) is 5.37. The van der Waals surface area contributed by atoms with Crippen molar-refractivity contribution < 1.29 is 0 Å². The van der Waals surface area contributed by atoms with E-state index in [0.717, 1.165) is 19.0 Å². The van der Waals surface area contributed by atoms with Gasteiger partial charge in [0, 0.05) is 18.5 Å². The molecule has 2 rings (SSSR count). The van der Waals surface area contributed by atoms with Crippen molar-refractivity contribution in [2.45, 2.75) is 19.5 Å². The molecule has 0 saturated heterocycles. The fraction of sp³-hybridized carbons (Fsp3) is 0.389. The first-order valence-corrected chi connectivity index (χ1v) is 8.68. The molecule has 23 heavy (non-hydrogen) atoms. The number of hydrogen-bond donors (Lipinski definition) is 2. The van der Waals surface area contributed by atoms with E-state index in [0.29, 0.717) is 6.04 Å². The van der Waals surface area contributed by atoms with Crippen LogP contribution in [0.15, 0.2) is 46.8 Å². The summed E-state index contributed by atoms with van der Waals surface area (Å²) in [5.41, 5.74) is 2.59. The SMILES string of the molecule is CN=C(NCc1cccs1)NCC(c1ccc(C)cc1)N(C)C. The van der Waals surface area contributed by atoms with Gasteiger partial charge in [0.15, 0.2) is 5.96 Å². The van der Waals surface area contributed by atoms with Crippen LogP contribution in [-0.2, 0) is 6.54 Å². The smallest absolute Gasteiger partial charge is 0.191 e. The second-order valence-corrected chi connectivity index (χ2v) is 6.81. The minimum atomic E-state index is 0.302. The molecule has 2 N–H and O–H groups in total. The fourth-order valence-electron chi connectivity index (χ4n) is 2.39. The minimum Gasteiger partial charge on any atom is -0.354 e. The van der Waals surface area contributed by atoms with Crippen molar-refractivity contribution in [2.75, 3.05) is 27.7 Å². The van der Waals surface area contributed by atoms with Crippen molar-refractivity contribution in [2.24, 2.45) is 4.99 Å². The van der Waals surface area contributed by atoms with Crippen LogP contribution in [0.5, 0.6) is 0 Å². The van der Waals surface area contributed by atoms with Gasteiger partial charge in [0.1, 0.15) is 0 Å². The largest absolute Gasteiger partial charge is 0.354 e. The lowest BCUT2D eigenvalue weighted by molar-refractivity contribution is 0.298. The number of aliphatic imine (C=N–C) groups is 1. The third-order valence-corrected chi connectivity index (χ3v) is 4.66. The molecule has 2 aromatic rings. The van der Waals surface area contributed by atoms with Crippen molar-refractivity contribution in [1.82, 2.24) is 15.5 Å². The Morgan fingerprint density at radius 1 is 1.17 bits per heavy atom. The van der Waals surface area contributed by atoms with E-state index >= 15 is 0 Å². The highest BCUT2D eigenvalue weighted by Crippen LogP contribution is 2.17. The molecule has 5 heteroatoms. The average molecular weight is 331 g/mol. The van der Waals surface area contributed by atoms with E-state index in [4.69, 9.17) is 0 Å². The highest BCUT2D eigenvalue weighted by Gasteiger charge is 2.14. The minimum absolute atomic E-state index is 0.302. The summed E-state index contributed by atoms with van der Waals surface area (Å²) in [7, 11) is 6.02. The van der Waals surface area contributed by atoms with Gasteiger partial charge in [0.25, 0.3) is 0 Å². The first-order valence-electron chi connectivity index (χ1n) is 7.80. The predicted molar refractivity (Wildman–Crippen MR) is 100 cm³/mol. The van der Waals surface area contributed by atoms with Crippen molar-refractivity contribution in [3.05, 3.63) is 57.8 Å². The first kappa shape index (κ1) is 17.5. The Morgan fingerprint density at radius 2 is 1.91 bits per heavy atom. The molecule has 4 nitrogen and oxygen atoms in total. The highest BCUT2D eigenvalue weighted by atomic mass is 32.1. The molecule has 1 atom stereocenters. The zero-order chi connectivity index (χ0) is 16.7. The number of nitrogens with zero attached hydrogens (tertiary/aromatic N) is 2. The molecule has 1 aromatic carbocycles. The second-order valence-electron chi connectivity index (χ2n) is 5.78. The molecular formula is C18H26N4S. The van der Waals surface area contributed by atoms with E-state index in [1.54, 1.807) is 18.4 Å². The number of hydrogen-bond acceptors (Lipinski definition) is 3. The maximum atomic E-state index is 4.31. The summed E-state index contributed by atoms with van der Waals surface area (Å²) in [5, 5.41) is 8.88. The quantitative estimate of drug-likeness (QED) is 0.632. The summed E-state index contributed by atoms with van der Waals surface area (Å²) in [6, 6.07) is 13.2. The predicted octanol–water partition coefficient (Wildman–Crippen LogP) is 3.02. The molecule has 124 valence electrons. The van der Waals surface area contributed by atoms with Crippen LogP contribution in [-0.4, -0.2) is 38.5 Å². The highest BCUT2D eigenvalue weighted by molar-refractivity contribution is 7.09. The summed E-state index contributed by atoms with van der Waals surface area (Å²) in [6.45, 7) is 3.72. The Hall–Kier alpha value is -1.85. The number of rotatable bonds is 6. The summed E-state index contributed by atoms with van der Waals surface area (Å²) in [4.78, 5) is 7.84. The van der Waals surface area contributed by atoms with E-state index in [-0.39, 0.29) is 0 Å². The van der Waals surface area contributed by atoms with E-state index < -0.39 is 0 Å². The summed E-state index contributed by atoms with van der Waals surface area (Å²) < 4.78 is 0. The summed E-state index contributed by atoms with van der Waals surface area (Å²) in [5.74, 6) is 0.831. The standard InChI is InChI=1S/C18H26N4S/c1-14-7-9-15(10-8-14)17(22(3)4)13-21-18(19-2)20-12-16-6-5-11-23-16/h5-11,17H,12-13H2,1-4H3,(H2,19,20,21). The van der Waals surface area contributed by atoms with Gasteiger partial charge < -0.3 is 15.5 Å². The van der Waals surface area contributed by atoms with Crippen LogP contribution in [0.4, 0.5) is 0 Å². The Balaban J connectivity index is 1.92.